The molecule has 8 heteroatoms. The number of anilines is 1. The highest BCUT2D eigenvalue weighted by molar-refractivity contribution is 5.95. The van der Waals surface area contributed by atoms with Crippen LogP contribution < -0.4 is 21.1 Å². The van der Waals surface area contributed by atoms with Gasteiger partial charge in [-0.15, -0.1) is 0 Å². The number of quaternary nitrogens is 1. The third-order valence-electron chi connectivity index (χ3n) is 4.68. The molecule has 156 valence electrons. The minimum absolute atomic E-state index is 0.0286. The fourth-order valence-electron chi connectivity index (χ4n) is 2.94. The predicted molar refractivity (Wildman–Crippen MR) is 107 cm³/mol. The van der Waals surface area contributed by atoms with Crippen LogP contribution in [0, 0.1) is 11.6 Å². The largest absolute Gasteiger partial charge is 0.372 e. The van der Waals surface area contributed by atoms with Crippen molar-refractivity contribution < 1.29 is 23.7 Å². The molecule has 2 amide bonds. The summed E-state index contributed by atoms with van der Waals surface area (Å²) in [7, 11) is 0. The molecule has 0 aliphatic carbocycles. The predicted octanol–water partition coefficient (Wildman–Crippen LogP) is 1.90. The Balaban J connectivity index is 1.81. The Hall–Kier alpha value is -3.00. The number of hydrogen-bond acceptors (Lipinski definition) is 3. The van der Waals surface area contributed by atoms with Crippen LogP contribution in [0.1, 0.15) is 42.7 Å². The van der Waals surface area contributed by atoms with Crippen LogP contribution in [-0.4, -0.2) is 31.4 Å². The maximum Gasteiger partial charge on any atom is 0.293 e. The van der Waals surface area contributed by atoms with Crippen LogP contribution in [0.15, 0.2) is 42.5 Å². The van der Waals surface area contributed by atoms with Crippen molar-refractivity contribution >= 4 is 17.5 Å². The van der Waals surface area contributed by atoms with Crippen molar-refractivity contribution in [2.45, 2.75) is 26.8 Å². The van der Waals surface area contributed by atoms with Gasteiger partial charge in [0.05, 0.1) is 0 Å². The molecule has 0 fully saturated rings. The van der Waals surface area contributed by atoms with Crippen molar-refractivity contribution in [2.75, 3.05) is 24.5 Å². The highest BCUT2D eigenvalue weighted by atomic mass is 19.1. The molecule has 4 N–H and O–H groups in total. The molecule has 0 radical (unpaired) electrons. The third-order valence-corrected chi connectivity index (χ3v) is 4.68. The molecule has 6 nitrogen and oxygen atoms in total. The smallest absolute Gasteiger partial charge is 0.293 e. The number of nitrogens with zero attached hydrogens (tertiary/aromatic N) is 1. The van der Waals surface area contributed by atoms with Gasteiger partial charge < -0.3 is 10.2 Å². The number of benzene rings is 2. The molecule has 0 spiro atoms. The summed E-state index contributed by atoms with van der Waals surface area (Å²) in [6.07, 6.45) is 0. The van der Waals surface area contributed by atoms with Gasteiger partial charge in [-0.1, -0.05) is 0 Å². The fourth-order valence-corrected chi connectivity index (χ4v) is 2.94. The number of hydrazine groups is 1. The number of rotatable bonds is 8. The Bertz CT molecular complexity index is 839. The maximum absolute atomic E-state index is 13.8. The van der Waals surface area contributed by atoms with Gasteiger partial charge in [0, 0.05) is 36.0 Å². The second-order valence-corrected chi connectivity index (χ2v) is 6.62. The van der Waals surface area contributed by atoms with Gasteiger partial charge in [0.25, 0.3) is 11.8 Å². The van der Waals surface area contributed by atoms with Crippen molar-refractivity contribution in [3.8, 4) is 0 Å². The molecule has 2 rings (SSSR count). The molecular weight excluding hydrogens is 378 g/mol. The summed E-state index contributed by atoms with van der Waals surface area (Å²) in [5.41, 5.74) is 6.45. The van der Waals surface area contributed by atoms with Gasteiger partial charge in [-0.2, -0.15) is 0 Å². The van der Waals surface area contributed by atoms with Gasteiger partial charge in [0.1, 0.15) is 17.7 Å². The monoisotopic (exact) mass is 405 g/mol. The Morgan fingerprint density at radius 1 is 1.03 bits per heavy atom. The van der Waals surface area contributed by atoms with E-state index in [2.05, 4.69) is 29.6 Å². The summed E-state index contributed by atoms with van der Waals surface area (Å²) in [5.74, 6) is -2.17. The minimum Gasteiger partial charge on any atom is -0.372 e. The van der Waals surface area contributed by atoms with Crippen molar-refractivity contribution in [2.24, 2.45) is 0 Å². The highest BCUT2D eigenvalue weighted by Crippen LogP contribution is 2.15. The lowest BCUT2D eigenvalue weighted by Crippen LogP contribution is -2.87. The Morgan fingerprint density at radius 3 is 2.28 bits per heavy atom. The first-order valence-corrected chi connectivity index (χ1v) is 9.58. The van der Waals surface area contributed by atoms with Crippen LogP contribution in [0.3, 0.4) is 0 Å². The fraction of sp³-hybridized carbons (Fsp3) is 0.333. The molecule has 0 saturated heterocycles. The SMILES string of the molecule is CCN(CC)c1ccc(C(=O)NNC(=O)C[NH2+][C@H](C)c2ccc(F)cc2F)cc1. The molecule has 0 bridgehead atoms. The molecule has 0 aromatic heterocycles. The van der Waals surface area contributed by atoms with Crippen molar-refractivity contribution in [3.63, 3.8) is 0 Å². The number of hydrogen-bond donors (Lipinski definition) is 3. The molecule has 1 atom stereocenters. The van der Waals surface area contributed by atoms with Crippen molar-refractivity contribution in [3.05, 3.63) is 65.2 Å². The zero-order valence-electron chi connectivity index (χ0n) is 16.8. The van der Waals surface area contributed by atoms with E-state index in [1.54, 1.807) is 24.4 Å². The highest BCUT2D eigenvalue weighted by Gasteiger charge is 2.16. The second-order valence-electron chi connectivity index (χ2n) is 6.62. The van der Waals surface area contributed by atoms with E-state index in [1.807, 2.05) is 12.1 Å². The number of carbonyl (C=O) groups excluding carboxylic acids is 2. The van der Waals surface area contributed by atoms with E-state index in [0.29, 0.717) is 11.1 Å². The molecule has 29 heavy (non-hydrogen) atoms. The normalized spacial score (nSPS) is 11.6. The van der Waals surface area contributed by atoms with Crippen LogP contribution in [-0.2, 0) is 4.79 Å². The quantitative estimate of drug-likeness (QED) is 0.587. The van der Waals surface area contributed by atoms with E-state index in [1.165, 1.54) is 12.1 Å². The molecule has 0 aliphatic heterocycles. The van der Waals surface area contributed by atoms with E-state index in [4.69, 9.17) is 0 Å². The van der Waals surface area contributed by atoms with Gasteiger partial charge in [0.15, 0.2) is 6.54 Å². The first kappa shape index (κ1) is 22.3. The molecule has 2 aromatic rings. The molecular formula is C21H27F2N4O2+. The van der Waals surface area contributed by atoms with Crippen molar-refractivity contribution in [1.29, 1.82) is 0 Å². The zero-order valence-corrected chi connectivity index (χ0v) is 16.8. The first-order valence-electron chi connectivity index (χ1n) is 9.58. The van der Waals surface area contributed by atoms with E-state index in [9.17, 15) is 18.4 Å². The number of nitrogens with two attached hydrogens (primary N) is 1. The molecule has 0 aliphatic rings. The lowest BCUT2D eigenvalue weighted by Gasteiger charge is -2.21. The summed E-state index contributed by atoms with van der Waals surface area (Å²) in [5, 5.41) is 1.59. The van der Waals surface area contributed by atoms with Crippen LogP contribution >= 0.6 is 0 Å². The number of carbonyl (C=O) groups is 2. The average molecular weight is 405 g/mol. The zero-order chi connectivity index (χ0) is 21.4. The van der Waals surface area contributed by atoms with E-state index >= 15 is 0 Å². The van der Waals surface area contributed by atoms with Crippen LogP contribution in [0.25, 0.3) is 0 Å². The Morgan fingerprint density at radius 2 is 1.69 bits per heavy atom. The number of nitrogens with one attached hydrogen (secondary N) is 2. The van der Waals surface area contributed by atoms with E-state index in [0.717, 1.165) is 24.8 Å². The first-order chi connectivity index (χ1) is 13.8. The van der Waals surface area contributed by atoms with E-state index in [-0.39, 0.29) is 12.6 Å². The second kappa shape index (κ2) is 10.5. The summed E-state index contributed by atoms with van der Waals surface area (Å²) >= 11 is 0. The molecule has 0 saturated carbocycles. The summed E-state index contributed by atoms with van der Waals surface area (Å²) in [4.78, 5) is 26.3. The average Bonchev–Trinajstić information content (AvgIpc) is 2.71. The standard InChI is InChI=1S/C21H26F2N4O2/c1-4-27(5-2)17-9-6-15(7-10-17)21(29)26-25-20(28)13-24-14(3)18-11-8-16(22)12-19(18)23/h6-12,14,24H,4-5,13H2,1-3H3,(H,25,28)(H,26,29)/p+1/t14-/m1/s1. The number of amides is 2. The summed E-state index contributed by atoms with van der Waals surface area (Å²) in [6, 6.07) is 10.1. The Kier molecular flexibility index (Phi) is 8.09. The van der Waals surface area contributed by atoms with Crippen LogP contribution in [0.5, 0.6) is 0 Å². The maximum atomic E-state index is 13.8. The topological polar surface area (TPSA) is 78.1 Å². The van der Waals surface area contributed by atoms with Gasteiger partial charge in [-0.3, -0.25) is 20.4 Å². The van der Waals surface area contributed by atoms with E-state index < -0.39 is 23.4 Å². The third kappa shape index (κ3) is 6.25. The summed E-state index contributed by atoms with van der Waals surface area (Å²) < 4.78 is 26.8. The van der Waals surface area contributed by atoms with Gasteiger partial charge in [0.2, 0.25) is 0 Å². The molecule has 0 heterocycles. The van der Waals surface area contributed by atoms with Gasteiger partial charge >= 0.3 is 0 Å². The van der Waals surface area contributed by atoms with Crippen LogP contribution in [0.2, 0.25) is 0 Å². The minimum atomic E-state index is -0.657. The Labute approximate surface area is 169 Å². The van der Waals surface area contributed by atoms with Gasteiger partial charge in [-0.25, -0.2) is 8.78 Å². The van der Waals surface area contributed by atoms with Crippen molar-refractivity contribution in [1.82, 2.24) is 10.9 Å². The molecule has 2 aromatic carbocycles. The van der Waals surface area contributed by atoms with Gasteiger partial charge in [-0.05, 0) is 57.2 Å². The van der Waals surface area contributed by atoms with Crippen LogP contribution in [0.4, 0.5) is 14.5 Å². The lowest BCUT2D eigenvalue weighted by atomic mass is 10.1. The molecule has 0 unspecified atom stereocenters. The summed E-state index contributed by atoms with van der Waals surface area (Å²) in [6.45, 7) is 7.53. The number of halogens is 2. The lowest BCUT2D eigenvalue weighted by molar-refractivity contribution is -0.682.